The summed E-state index contributed by atoms with van der Waals surface area (Å²) in [6.07, 6.45) is 1.37. The smallest absolute Gasteiger partial charge is 0.335 e. The molecule has 0 aliphatic heterocycles. The highest BCUT2D eigenvalue weighted by molar-refractivity contribution is 9.10. The Morgan fingerprint density at radius 2 is 2.00 bits per heavy atom. The van der Waals surface area contributed by atoms with Crippen molar-refractivity contribution in [3.05, 3.63) is 56.7 Å². The lowest BCUT2D eigenvalue weighted by atomic mass is 10.2. The molecule has 0 unspecified atom stereocenters. The number of aromatic nitrogens is 1. The van der Waals surface area contributed by atoms with E-state index in [9.17, 15) is 14.9 Å². The normalized spacial score (nSPS) is 10.1. The van der Waals surface area contributed by atoms with E-state index >= 15 is 0 Å². The van der Waals surface area contributed by atoms with E-state index < -0.39 is 10.9 Å². The first kappa shape index (κ1) is 13.9. The lowest BCUT2D eigenvalue weighted by Gasteiger charge is -2.05. The van der Waals surface area contributed by atoms with Crippen molar-refractivity contribution in [3.8, 4) is 11.6 Å². The van der Waals surface area contributed by atoms with Gasteiger partial charge in [0.2, 0.25) is 0 Å². The zero-order valence-corrected chi connectivity index (χ0v) is 11.4. The third kappa shape index (κ3) is 3.09. The Morgan fingerprint density at radius 1 is 1.35 bits per heavy atom. The van der Waals surface area contributed by atoms with Gasteiger partial charge in [-0.15, -0.1) is 0 Å². The highest BCUT2D eigenvalue weighted by Gasteiger charge is 2.18. The molecule has 2 aromatic rings. The van der Waals surface area contributed by atoms with Crippen molar-refractivity contribution in [3.63, 3.8) is 0 Å². The van der Waals surface area contributed by atoms with Gasteiger partial charge in [-0.05, 0) is 40.2 Å². The first-order chi connectivity index (χ1) is 9.47. The third-order valence-corrected chi connectivity index (χ3v) is 2.75. The maximum atomic E-state index is 10.9. The number of nitrogens with zero attached hydrogens (tertiary/aromatic N) is 2. The van der Waals surface area contributed by atoms with Gasteiger partial charge in [-0.2, -0.15) is 0 Å². The lowest BCUT2D eigenvalue weighted by Crippen LogP contribution is -1.97. The Balaban J connectivity index is 2.30. The molecule has 1 N–H and O–H groups in total. The number of hydrogen-bond donors (Lipinski definition) is 1. The number of pyridine rings is 1. The van der Waals surface area contributed by atoms with Gasteiger partial charge < -0.3 is 9.84 Å². The zero-order chi connectivity index (χ0) is 14.7. The van der Waals surface area contributed by atoms with Crippen LogP contribution in [-0.4, -0.2) is 21.0 Å². The molecule has 0 aliphatic carbocycles. The van der Waals surface area contributed by atoms with Crippen LogP contribution in [0, 0.1) is 10.1 Å². The quantitative estimate of drug-likeness (QED) is 0.678. The van der Waals surface area contributed by atoms with Crippen molar-refractivity contribution < 1.29 is 19.6 Å². The molecule has 20 heavy (non-hydrogen) atoms. The van der Waals surface area contributed by atoms with Gasteiger partial charge >= 0.3 is 11.7 Å². The van der Waals surface area contributed by atoms with Crippen LogP contribution in [-0.2, 0) is 0 Å². The van der Waals surface area contributed by atoms with Crippen molar-refractivity contribution in [2.24, 2.45) is 0 Å². The van der Waals surface area contributed by atoms with Gasteiger partial charge in [0.1, 0.15) is 5.75 Å². The van der Waals surface area contributed by atoms with Crippen LogP contribution >= 0.6 is 15.9 Å². The number of ether oxygens (including phenoxy) is 1. The molecule has 1 heterocycles. The van der Waals surface area contributed by atoms with E-state index in [1.165, 1.54) is 36.5 Å². The molecule has 0 fully saturated rings. The van der Waals surface area contributed by atoms with Gasteiger partial charge in [-0.1, -0.05) is 0 Å². The van der Waals surface area contributed by atoms with E-state index in [0.717, 1.165) is 0 Å². The maximum Gasteiger partial charge on any atom is 0.335 e. The van der Waals surface area contributed by atoms with E-state index in [4.69, 9.17) is 9.84 Å². The van der Waals surface area contributed by atoms with Crippen LogP contribution in [0.3, 0.4) is 0 Å². The minimum absolute atomic E-state index is 0.0932. The third-order valence-electron chi connectivity index (χ3n) is 2.31. The predicted octanol–water partition coefficient (Wildman–Crippen LogP) is 3.24. The number of carboxylic acids is 1. The highest BCUT2D eigenvalue weighted by atomic mass is 79.9. The minimum atomic E-state index is -1.07. The molecule has 1 aromatic heterocycles. The van der Waals surface area contributed by atoms with Crippen LogP contribution < -0.4 is 4.74 Å². The van der Waals surface area contributed by atoms with E-state index in [1.54, 1.807) is 0 Å². The molecule has 8 heteroatoms. The van der Waals surface area contributed by atoms with Crippen molar-refractivity contribution in [2.45, 2.75) is 0 Å². The van der Waals surface area contributed by atoms with Crippen LogP contribution in [0.5, 0.6) is 11.6 Å². The summed E-state index contributed by atoms with van der Waals surface area (Å²) in [5, 5.41) is 19.7. The number of carboxylic acid groups (broad SMARTS) is 1. The van der Waals surface area contributed by atoms with Gasteiger partial charge in [0.25, 0.3) is 5.88 Å². The van der Waals surface area contributed by atoms with Crippen LogP contribution in [0.2, 0.25) is 0 Å². The zero-order valence-electron chi connectivity index (χ0n) is 9.82. The second-order valence-corrected chi connectivity index (χ2v) is 4.58. The first-order valence-electron chi connectivity index (χ1n) is 5.28. The molecule has 0 amide bonds. The summed E-state index contributed by atoms with van der Waals surface area (Å²) in [6, 6.07) is 6.74. The standard InChI is InChI=1S/C12H7BrN2O5/c13-8-5-10(15(18)19)11(14-6-8)20-9-3-1-7(2-4-9)12(16)17/h1-6H,(H,16,17). The Labute approximate surface area is 121 Å². The molecule has 0 saturated carbocycles. The molecule has 102 valence electrons. The van der Waals surface area contributed by atoms with E-state index in [2.05, 4.69) is 20.9 Å². The van der Waals surface area contributed by atoms with Gasteiger partial charge in [0, 0.05) is 16.7 Å². The number of carbonyl (C=O) groups is 1. The van der Waals surface area contributed by atoms with Gasteiger partial charge in [0.05, 0.1) is 10.5 Å². The number of benzene rings is 1. The number of aromatic carboxylic acids is 1. The highest BCUT2D eigenvalue weighted by Crippen LogP contribution is 2.31. The summed E-state index contributed by atoms with van der Waals surface area (Å²) in [5.41, 5.74) is -0.197. The van der Waals surface area contributed by atoms with Crippen LogP contribution in [0.1, 0.15) is 10.4 Å². The van der Waals surface area contributed by atoms with Gasteiger partial charge in [0.15, 0.2) is 0 Å². The molecule has 1 aromatic carbocycles. The Kier molecular flexibility index (Phi) is 3.94. The monoisotopic (exact) mass is 338 g/mol. The van der Waals surface area contributed by atoms with Crippen molar-refractivity contribution in [1.29, 1.82) is 0 Å². The molecule has 0 atom stereocenters. The molecule has 0 aliphatic rings. The Bertz CT molecular complexity index is 672. The van der Waals surface area contributed by atoms with E-state index in [0.29, 0.717) is 4.47 Å². The molecular formula is C12H7BrN2O5. The topological polar surface area (TPSA) is 103 Å². The van der Waals surface area contributed by atoms with E-state index in [-0.39, 0.29) is 22.9 Å². The predicted molar refractivity (Wildman–Crippen MR) is 72.1 cm³/mol. The molecule has 7 nitrogen and oxygen atoms in total. The molecule has 0 bridgehead atoms. The van der Waals surface area contributed by atoms with E-state index in [1.807, 2.05) is 0 Å². The summed E-state index contributed by atoms with van der Waals surface area (Å²) >= 11 is 3.09. The van der Waals surface area contributed by atoms with Crippen molar-refractivity contribution >= 4 is 27.6 Å². The second-order valence-electron chi connectivity index (χ2n) is 3.67. The lowest BCUT2D eigenvalue weighted by molar-refractivity contribution is -0.386. The van der Waals surface area contributed by atoms with Crippen LogP contribution in [0.25, 0.3) is 0 Å². The number of rotatable bonds is 4. The van der Waals surface area contributed by atoms with Crippen LogP contribution in [0.4, 0.5) is 5.69 Å². The molecule has 0 spiro atoms. The molecule has 0 saturated heterocycles. The van der Waals surface area contributed by atoms with Crippen molar-refractivity contribution in [1.82, 2.24) is 4.98 Å². The summed E-state index contributed by atoms with van der Waals surface area (Å²) in [6.45, 7) is 0. The number of hydrogen-bond acceptors (Lipinski definition) is 5. The maximum absolute atomic E-state index is 10.9. The summed E-state index contributed by atoms with van der Waals surface area (Å²) < 4.78 is 5.75. The fourth-order valence-electron chi connectivity index (χ4n) is 1.40. The SMILES string of the molecule is O=C(O)c1ccc(Oc2ncc(Br)cc2[N+](=O)[O-])cc1. The average molecular weight is 339 g/mol. The fourth-order valence-corrected chi connectivity index (χ4v) is 1.72. The summed E-state index contributed by atoms with van der Waals surface area (Å²) in [5.74, 6) is -0.974. The Morgan fingerprint density at radius 3 is 2.55 bits per heavy atom. The average Bonchev–Trinajstić information content (AvgIpc) is 2.41. The number of nitro groups is 1. The summed E-state index contributed by atoms with van der Waals surface area (Å²) in [7, 11) is 0. The summed E-state index contributed by atoms with van der Waals surface area (Å²) in [4.78, 5) is 24.8. The van der Waals surface area contributed by atoms with Crippen LogP contribution in [0.15, 0.2) is 41.0 Å². The Hall–Kier alpha value is -2.48. The molecule has 0 radical (unpaired) electrons. The second kappa shape index (κ2) is 5.66. The van der Waals surface area contributed by atoms with Gasteiger partial charge in [-0.3, -0.25) is 10.1 Å². The fraction of sp³-hybridized carbons (Fsp3) is 0. The largest absolute Gasteiger partial charge is 0.478 e. The number of halogens is 1. The van der Waals surface area contributed by atoms with Crippen molar-refractivity contribution in [2.75, 3.05) is 0 Å². The first-order valence-corrected chi connectivity index (χ1v) is 6.08. The molecular weight excluding hydrogens is 332 g/mol. The van der Waals surface area contributed by atoms with Gasteiger partial charge in [-0.25, -0.2) is 9.78 Å². The molecule has 2 rings (SSSR count). The minimum Gasteiger partial charge on any atom is -0.478 e.